The second-order valence-electron chi connectivity index (χ2n) is 5.04. The van der Waals surface area contributed by atoms with E-state index in [1.165, 1.54) is 14.2 Å². The Morgan fingerprint density at radius 1 is 1.17 bits per heavy atom. The van der Waals surface area contributed by atoms with Crippen molar-refractivity contribution in [1.82, 2.24) is 5.32 Å². The number of ether oxygens (including phenoxy) is 3. The molecule has 1 N–H and O–H groups in total. The van der Waals surface area contributed by atoms with Crippen molar-refractivity contribution in [1.29, 1.82) is 0 Å². The molecule has 0 fully saturated rings. The molecule has 1 aromatic rings. The van der Waals surface area contributed by atoms with Gasteiger partial charge in [0.1, 0.15) is 0 Å². The summed E-state index contributed by atoms with van der Waals surface area (Å²) in [7, 11) is 3.00. The van der Waals surface area contributed by atoms with Gasteiger partial charge in [-0.1, -0.05) is 54.6 Å². The molecule has 8 heteroatoms. The van der Waals surface area contributed by atoms with Crippen LogP contribution in [0, 0.1) is 0 Å². The van der Waals surface area contributed by atoms with Crippen LogP contribution in [0.5, 0.6) is 11.5 Å². The minimum absolute atomic E-state index is 0.337. The molecule has 0 spiro atoms. The standard InChI is InChI=1S/C16H22Cl3NO4/c1-4-5-6-9-24-15(16(17,18)19)20-14(21)11-7-8-12(22-2)13(10-11)23-3/h7-8,10,15H,4-6,9H2,1-3H3,(H,20,21)/t15-/m0/s1. The van der Waals surface area contributed by atoms with E-state index < -0.39 is 15.9 Å². The SMILES string of the molecule is CCCCCO[C@H](NC(=O)c1ccc(OC)c(OC)c1)C(Cl)(Cl)Cl. The first kappa shape index (κ1) is 21.2. The number of carbonyl (C=O) groups is 1. The second-order valence-corrected chi connectivity index (χ2v) is 7.41. The average molecular weight is 399 g/mol. The molecule has 1 atom stereocenters. The molecule has 0 aromatic heterocycles. The summed E-state index contributed by atoms with van der Waals surface area (Å²) in [6.07, 6.45) is 1.80. The number of benzene rings is 1. The molecule has 5 nitrogen and oxygen atoms in total. The lowest BCUT2D eigenvalue weighted by Crippen LogP contribution is -2.45. The molecule has 0 aliphatic carbocycles. The van der Waals surface area contributed by atoms with Gasteiger partial charge < -0.3 is 19.5 Å². The Labute approximate surface area is 157 Å². The van der Waals surface area contributed by atoms with Gasteiger partial charge in [0, 0.05) is 12.2 Å². The van der Waals surface area contributed by atoms with Gasteiger partial charge in [0.05, 0.1) is 14.2 Å². The van der Waals surface area contributed by atoms with Gasteiger partial charge in [-0.3, -0.25) is 4.79 Å². The summed E-state index contributed by atoms with van der Waals surface area (Å²) in [5.41, 5.74) is 0.337. The van der Waals surface area contributed by atoms with Crippen LogP contribution in [0.3, 0.4) is 0 Å². The fourth-order valence-electron chi connectivity index (χ4n) is 1.95. The molecular weight excluding hydrogens is 377 g/mol. The first-order valence-electron chi connectivity index (χ1n) is 7.54. The van der Waals surface area contributed by atoms with E-state index in [1.807, 2.05) is 0 Å². The number of alkyl halides is 3. The van der Waals surface area contributed by atoms with Gasteiger partial charge in [0.2, 0.25) is 3.79 Å². The highest BCUT2D eigenvalue weighted by molar-refractivity contribution is 6.68. The third-order valence-electron chi connectivity index (χ3n) is 3.24. The van der Waals surface area contributed by atoms with Crippen LogP contribution in [0.15, 0.2) is 18.2 Å². The van der Waals surface area contributed by atoms with E-state index in [-0.39, 0.29) is 0 Å². The van der Waals surface area contributed by atoms with E-state index in [0.29, 0.717) is 23.7 Å². The minimum Gasteiger partial charge on any atom is -0.493 e. The monoisotopic (exact) mass is 397 g/mol. The molecule has 0 unspecified atom stereocenters. The van der Waals surface area contributed by atoms with Crippen molar-refractivity contribution in [3.63, 3.8) is 0 Å². The summed E-state index contributed by atoms with van der Waals surface area (Å²) >= 11 is 17.7. The van der Waals surface area contributed by atoms with Crippen LogP contribution in [0.1, 0.15) is 36.5 Å². The zero-order valence-corrected chi connectivity index (χ0v) is 16.2. The lowest BCUT2D eigenvalue weighted by Gasteiger charge is -2.25. The Bertz CT molecular complexity index is 535. The topological polar surface area (TPSA) is 56.8 Å². The van der Waals surface area contributed by atoms with Crippen molar-refractivity contribution in [3.05, 3.63) is 23.8 Å². The first-order valence-corrected chi connectivity index (χ1v) is 8.68. The van der Waals surface area contributed by atoms with Gasteiger partial charge in [-0.15, -0.1) is 0 Å². The van der Waals surface area contributed by atoms with Gasteiger partial charge in [-0.2, -0.15) is 0 Å². The van der Waals surface area contributed by atoms with E-state index in [4.69, 9.17) is 49.0 Å². The van der Waals surface area contributed by atoms with Crippen molar-refractivity contribution in [2.75, 3.05) is 20.8 Å². The molecule has 1 amide bonds. The second kappa shape index (κ2) is 10.2. The average Bonchev–Trinajstić information content (AvgIpc) is 2.55. The Balaban J connectivity index is 2.80. The quantitative estimate of drug-likeness (QED) is 0.382. The van der Waals surface area contributed by atoms with Crippen molar-refractivity contribution < 1.29 is 19.0 Å². The van der Waals surface area contributed by atoms with Gasteiger partial charge in [0.25, 0.3) is 5.91 Å². The van der Waals surface area contributed by atoms with Gasteiger partial charge >= 0.3 is 0 Å². The lowest BCUT2D eigenvalue weighted by atomic mass is 10.2. The summed E-state index contributed by atoms with van der Waals surface area (Å²) < 4.78 is 14.1. The van der Waals surface area contributed by atoms with E-state index in [2.05, 4.69) is 12.2 Å². The van der Waals surface area contributed by atoms with Crippen LogP contribution in [-0.4, -0.2) is 36.8 Å². The predicted octanol–water partition coefficient (Wildman–Crippen LogP) is 4.34. The Hall–Kier alpha value is -0.880. The number of halogens is 3. The van der Waals surface area contributed by atoms with Crippen LogP contribution < -0.4 is 14.8 Å². The predicted molar refractivity (Wildman–Crippen MR) is 96.6 cm³/mol. The molecule has 0 aliphatic rings. The first-order chi connectivity index (χ1) is 11.3. The summed E-state index contributed by atoms with van der Waals surface area (Å²) in [5, 5.41) is 2.59. The fourth-order valence-corrected chi connectivity index (χ4v) is 2.30. The number of methoxy groups -OCH3 is 2. The maximum absolute atomic E-state index is 12.4. The zero-order valence-electron chi connectivity index (χ0n) is 13.9. The molecule has 0 radical (unpaired) electrons. The molecule has 0 bridgehead atoms. The third kappa shape index (κ3) is 6.55. The Morgan fingerprint density at radius 2 is 1.83 bits per heavy atom. The van der Waals surface area contributed by atoms with Crippen molar-refractivity contribution in [3.8, 4) is 11.5 Å². The highest BCUT2D eigenvalue weighted by atomic mass is 35.6. The fraction of sp³-hybridized carbons (Fsp3) is 0.562. The number of hydrogen-bond donors (Lipinski definition) is 1. The lowest BCUT2D eigenvalue weighted by molar-refractivity contribution is 0.0282. The summed E-state index contributed by atoms with van der Waals surface area (Å²) in [6, 6.07) is 4.75. The molecule has 0 saturated carbocycles. The molecule has 0 aliphatic heterocycles. The van der Waals surface area contributed by atoms with E-state index >= 15 is 0 Å². The van der Waals surface area contributed by atoms with Crippen LogP contribution in [-0.2, 0) is 4.74 Å². The summed E-state index contributed by atoms with van der Waals surface area (Å²) in [4.78, 5) is 12.4. The molecule has 0 heterocycles. The molecular formula is C16H22Cl3NO4. The summed E-state index contributed by atoms with van der Waals surface area (Å²) in [5.74, 6) is 0.505. The number of hydrogen-bond acceptors (Lipinski definition) is 4. The third-order valence-corrected chi connectivity index (χ3v) is 3.83. The van der Waals surface area contributed by atoms with Gasteiger partial charge in [-0.25, -0.2) is 0 Å². The molecule has 1 aromatic carbocycles. The van der Waals surface area contributed by atoms with Crippen LogP contribution >= 0.6 is 34.8 Å². The van der Waals surface area contributed by atoms with Crippen LogP contribution in [0.2, 0.25) is 0 Å². The maximum Gasteiger partial charge on any atom is 0.253 e. The number of carbonyl (C=O) groups excluding carboxylic acids is 1. The van der Waals surface area contributed by atoms with Crippen LogP contribution in [0.25, 0.3) is 0 Å². The number of rotatable bonds is 9. The number of amides is 1. The Kier molecular flexibility index (Phi) is 8.98. The highest BCUT2D eigenvalue weighted by Gasteiger charge is 2.35. The van der Waals surface area contributed by atoms with Gasteiger partial charge in [-0.05, 0) is 24.6 Å². The van der Waals surface area contributed by atoms with Crippen molar-refractivity contribution in [2.24, 2.45) is 0 Å². The highest BCUT2D eigenvalue weighted by Crippen LogP contribution is 2.32. The summed E-state index contributed by atoms with van der Waals surface area (Å²) in [6.45, 7) is 2.46. The number of nitrogens with one attached hydrogen (secondary N) is 1. The van der Waals surface area contributed by atoms with E-state index in [0.717, 1.165) is 19.3 Å². The van der Waals surface area contributed by atoms with Crippen molar-refractivity contribution >= 4 is 40.7 Å². The number of unbranched alkanes of at least 4 members (excludes halogenated alkanes) is 2. The zero-order chi connectivity index (χ0) is 18.2. The smallest absolute Gasteiger partial charge is 0.253 e. The maximum atomic E-state index is 12.4. The molecule has 0 saturated heterocycles. The molecule has 24 heavy (non-hydrogen) atoms. The largest absolute Gasteiger partial charge is 0.493 e. The van der Waals surface area contributed by atoms with Crippen molar-refractivity contribution in [2.45, 2.75) is 36.2 Å². The van der Waals surface area contributed by atoms with E-state index in [1.54, 1.807) is 18.2 Å². The van der Waals surface area contributed by atoms with Gasteiger partial charge in [0.15, 0.2) is 17.7 Å². The Morgan fingerprint density at radius 3 is 2.38 bits per heavy atom. The molecule has 136 valence electrons. The normalized spacial score (nSPS) is 12.6. The molecule has 1 rings (SSSR count). The van der Waals surface area contributed by atoms with E-state index in [9.17, 15) is 4.79 Å². The minimum atomic E-state index is -1.78. The van der Waals surface area contributed by atoms with Crippen LogP contribution in [0.4, 0.5) is 0 Å².